The van der Waals surface area contributed by atoms with Crippen molar-refractivity contribution in [3.63, 3.8) is 0 Å². The van der Waals surface area contributed by atoms with Crippen molar-refractivity contribution < 1.29 is 9.59 Å². The van der Waals surface area contributed by atoms with Gasteiger partial charge >= 0.3 is 0 Å². The predicted molar refractivity (Wildman–Crippen MR) is 49.2 cm³/mol. The second-order valence-corrected chi connectivity index (χ2v) is 2.84. The molecule has 0 amide bonds. The van der Waals surface area contributed by atoms with E-state index in [0.717, 1.165) is 0 Å². The number of anilines is 1. The molecule has 0 atom stereocenters. The number of hydrogen-bond donors (Lipinski definition) is 1. The van der Waals surface area contributed by atoms with Crippen molar-refractivity contribution in [1.82, 2.24) is 0 Å². The molecule has 0 saturated carbocycles. The fraction of sp³-hybridized carbons (Fsp3) is 0. The predicted octanol–water partition coefficient (Wildman–Crippen LogP) is 1.05. The molecule has 0 unspecified atom stereocenters. The fourth-order valence-electron chi connectivity index (χ4n) is 1.35. The summed E-state index contributed by atoms with van der Waals surface area (Å²) in [6.07, 6.45) is 2.87. The van der Waals surface area contributed by atoms with Gasteiger partial charge < -0.3 is 5.73 Å². The number of ketones is 2. The summed E-state index contributed by atoms with van der Waals surface area (Å²) in [7, 11) is 0. The van der Waals surface area contributed by atoms with Gasteiger partial charge in [0.05, 0.1) is 5.56 Å². The molecule has 0 aliphatic heterocycles. The molecule has 2 N–H and O–H groups in total. The summed E-state index contributed by atoms with van der Waals surface area (Å²) in [5.74, 6) is -1.03. The lowest BCUT2D eigenvalue weighted by atomic mass is 9.94. The lowest BCUT2D eigenvalue weighted by molar-refractivity contribution is -0.110. The van der Waals surface area contributed by atoms with E-state index < -0.39 is 11.6 Å². The third-order valence-corrected chi connectivity index (χ3v) is 1.99. The van der Waals surface area contributed by atoms with E-state index in [0.29, 0.717) is 16.8 Å². The SMILES string of the molecule is Nc1cccc2c1C(=O)C(=O)C=C2. The smallest absolute Gasteiger partial charge is 0.235 e. The number of allylic oxidation sites excluding steroid dienone is 1. The van der Waals surface area contributed by atoms with E-state index >= 15 is 0 Å². The molecule has 0 bridgehead atoms. The van der Waals surface area contributed by atoms with Gasteiger partial charge in [0.15, 0.2) is 0 Å². The Labute approximate surface area is 74.9 Å². The summed E-state index contributed by atoms with van der Waals surface area (Å²) in [5.41, 5.74) is 6.99. The quantitative estimate of drug-likeness (QED) is 0.471. The zero-order valence-electron chi connectivity index (χ0n) is 6.78. The fourth-order valence-corrected chi connectivity index (χ4v) is 1.35. The van der Waals surface area contributed by atoms with Crippen LogP contribution in [0.3, 0.4) is 0 Å². The van der Waals surface area contributed by atoms with Crippen LogP contribution in [0.5, 0.6) is 0 Å². The Morgan fingerprint density at radius 1 is 1.08 bits per heavy atom. The van der Waals surface area contributed by atoms with Gasteiger partial charge in [-0.1, -0.05) is 18.2 Å². The second-order valence-electron chi connectivity index (χ2n) is 2.84. The average molecular weight is 173 g/mol. The van der Waals surface area contributed by atoms with E-state index in [2.05, 4.69) is 0 Å². The maximum Gasteiger partial charge on any atom is 0.235 e. The zero-order chi connectivity index (χ0) is 9.42. The number of benzene rings is 1. The van der Waals surface area contributed by atoms with Crippen LogP contribution < -0.4 is 5.73 Å². The number of fused-ring (bicyclic) bond motifs is 1. The van der Waals surface area contributed by atoms with Crippen LogP contribution in [0.4, 0.5) is 5.69 Å². The molecule has 1 aromatic carbocycles. The highest BCUT2D eigenvalue weighted by molar-refractivity contribution is 6.50. The summed E-state index contributed by atoms with van der Waals surface area (Å²) in [6, 6.07) is 5.12. The van der Waals surface area contributed by atoms with E-state index in [9.17, 15) is 9.59 Å². The van der Waals surface area contributed by atoms with Crippen molar-refractivity contribution >= 4 is 23.3 Å². The first-order valence-electron chi connectivity index (χ1n) is 3.85. The molecule has 3 heteroatoms. The van der Waals surface area contributed by atoms with E-state index in [1.165, 1.54) is 6.08 Å². The molecule has 13 heavy (non-hydrogen) atoms. The van der Waals surface area contributed by atoms with Gasteiger partial charge in [0, 0.05) is 5.69 Å². The van der Waals surface area contributed by atoms with E-state index in [1.807, 2.05) is 0 Å². The number of hydrogen-bond acceptors (Lipinski definition) is 3. The maximum absolute atomic E-state index is 11.4. The zero-order valence-corrected chi connectivity index (χ0v) is 6.78. The van der Waals surface area contributed by atoms with Crippen LogP contribution in [0.25, 0.3) is 6.08 Å². The summed E-state index contributed by atoms with van der Waals surface area (Å²) in [4.78, 5) is 22.4. The van der Waals surface area contributed by atoms with Crippen LogP contribution in [0.1, 0.15) is 15.9 Å². The average Bonchev–Trinajstić information content (AvgIpc) is 2.12. The molecule has 0 heterocycles. The van der Waals surface area contributed by atoms with Crippen LogP contribution >= 0.6 is 0 Å². The molecule has 0 radical (unpaired) electrons. The molecule has 3 nitrogen and oxygen atoms in total. The van der Waals surface area contributed by atoms with Gasteiger partial charge in [-0.05, 0) is 17.7 Å². The van der Waals surface area contributed by atoms with Crippen LogP contribution in [0.15, 0.2) is 24.3 Å². The largest absolute Gasteiger partial charge is 0.398 e. The summed E-state index contributed by atoms with van der Waals surface area (Å²) >= 11 is 0. The Morgan fingerprint density at radius 3 is 2.62 bits per heavy atom. The first-order chi connectivity index (χ1) is 6.20. The van der Waals surface area contributed by atoms with Gasteiger partial charge in [0.1, 0.15) is 0 Å². The molecule has 1 aromatic rings. The lowest BCUT2D eigenvalue weighted by Crippen LogP contribution is -2.17. The molecule has 0 aromatic heterocycles. The van der Waals surface area contributed by atoms with E-state index in [-0.39, 0.29) is 0 Å². The summed E-state index contributed by atoms with van der Waals surface area (Å²) in [6.45, 7) is 0. The Kier molecular flexibility index (Phi) is 1.52. The molecule has 0 spiro atoms. The topological polar surface area (TPSA) is 60.2 Å². The maximum atomic E-state index is 11.4. The molecule has 64 valence electrons. The molecular weight excluding hydrogens is 166 g/mol. The number of nitrogens with two attached hydrogens (primary N) is 1. The molecule has 0 fully saturated rings. The molecule has 2 rings (SSSR count). The minimum atomic E-state index is -0.518. The van der Waals surface area contributed by atoms with Gasteiger partial charge in [-0.2, -0.15) is 0 Å². The number of carbonyl (C=O) groups is 2. The number of nitrogen functional groups attached to an aromatic ring is 1. The minimum Gasteiger partial charge on any atom is -0.398 e. The van der Waals surface area contributed by atoms with E-state index in [1.54, 1.807) is 24.3 Å². The summed E-state index contributed by atoms with van der Waals surface area (Å²) < 4.78 is 0. The third-order valence-electron chi connectivity index (χ3n) is 1.99. The number of Topliss-reactive ketones (excluding diaryl/α,β-unsaturated/α-hetero) is 1. The Hall–Kier alpha value is -1.90. The van der Waals surface area contributed by atoms with Gasteiger partial charge in [-0.15, -0.1) is 0 Å². The van der Waals surface area contributed by atoms with Crippen LogP contribution in [0.2, 0.25) is 0 Å². The Bertz CT molecular complexity index is 433. The van der Waals surface area contributed by atoms with Crippen molar-refractivity contribution in [3.05, 3.63) is 35.4 Å². The third kappa shape index (κ3) is 1.05. The Balaban J connectivity index is 2.74. The first kappa shape index (κ1) is 7.73. The van der Waals surface area contributed by atoms with Crippen LogP contribution in [-0.2, 0) is 4.79 Å². The normalized spacial score (nSPS) is 14.5. The molecule has 1 aliphatic rings. The van der Waals surface area contributed by atoms with Gasteiger partial charge in [0.25, 0.3) is 0 Å². The highest BCUT2D eigenvalue weighted by atomic mass is 16.2. The monoisotopic (exact) mass is 173 g/mol. The highest BCUT2D eigenvalue weighted by Gasteiger charge is 2.22. The standard InChI is InChI=1S/C10H7NO2/c11-7-3-1-2-6-4-5-8(12)10(13)9(6)7/h1-5H,11H2. The second kappa shape index (κ2) is 2.55. The van der Waals surface area contributed by atoms with Crippen LogP contribution in [-0.4, -0.2) is 11.6 Å². The van der Waals surface area contributed by atoms with Crippen molar-refractivity contribution in [2.75, 3.05) is 5.73 Å². The van der Waals surface area contributed by atoms with E-state index in [4.69, 9.17) is 5.73 Å². The van der Waals surface area contributed by atoms with Crippen molar-refractivity contribution in [3.8, 4) is 0 Å². The van der Waals surface area contributed by atoms with Gasteiger partial charge in [0.2, 0.25) is 11.6 Å². The number of rotatable bonds is 0. The molecule has 0 saturated heterocycles. The number of carbonyl (C=O) groups excluding carboxylic acids is 2. The summed E-state index contributed by atoms with van der Waals surface area (Å²) in [5, 5.41) is 0. The lowest BCUT2D eigenvalue weighted by Gasteiger charge is -2.09. The highest BCUT2D eigenvalue weighted by Crippen LogP contribution is 2.22. The van der Waals surface area contributed by atoms with Gasteiger partial charge in [-0.3, -0.25) is 9.59 Å². The van der Waals surface area contributed by atoms with Crippen molar-refractivity contribution in [2.24, 2.45) is 0 Å². The molecular formula is C10H7NO2. The van der Waals surface area contributed by atoms with Crippen molar-refractivity contribution in [2.45, 2.75) is 0 Å². The van der Waals surface area contributed by atoms with Gasteiger partial charge in [-0.25, -0.2) is 0 Å². The van der Waals surface area contributed by atoms with Crippen LogP contribution in [0, 0.1) is 0 Å². The minimum absolute atomic E-state index is 0.329. The first-order valence-corrected chi connectivity index (χ1v) is 3.85. The molecule has 1 aliphatic carbocycles. The Morgan fingerprint density at radius 2 is 1.85 bits per heavy atom. The van der Waals surface area contributed by atoms with Crippen molar-refractivity contribution in [1.29, 1.82) is 0 Å².